The van der Waals surface area contributed by atoms with E-state index in [2.05, 4.69) is 26.2 Å². The molecule has 0 saturated heterocycles. The molecule has 4 rings (SSSR count). The van der Waals surface area contributed by atoms with Gasteiger partial charge in [-0.2, -0.15) is 0 Å². The van der Waals surface area contributed by atoms with Gasteiger partial charge in [0.25, 0.3) is 5.56 Å². The Labute approximate surface area is 173 Å². The van der Waals surface area contributed by atoms with E-state index < -0.39 is 11.2 Å². The van der Waals surface area contributed by atoms with Crippen molar-refractivity contribution in [2.75, 3.05) is 18.5 Å². The third-order valence-electron chi connectivity index (χ3n) is 4.64. The predicted octanol–water partition coefficient (Wildman–Crippen LogP) is 1.35. The summed E-state index contributed by atoms with van der Waals surface area (Å²) < 4.78 is 14.1. The van der Waals surface area contributed by atoms with Crippen LogP contribution in [0.5, 0.6) is 11.5 Å². The van der Waals surface area contributed by atoms with E-state index in [1.165, 1.54) is 30.9 Å². The molecule has 29 heavy (non-hydrogen) atoms. The molecule has 1 aromatic carbocycles. The van der Waals surface area contributed by atoms with Crippen molar-refractivity contribution in [2.24, 2.45) is 14.1 Å². The van der Waals surface area contributed by atoms with Crippen LogP contribution in [0, 0.1) is 0 Å². The Morgan fingerprint density at radius 1 is 1.14 bits per heavy atom. The van der Waals surface area contributed by atoms with Crippen molar-refractivity contribution in [3.63, 3.8) is 0 Å². The normalized spacial score (nSPS) is 12.8. The van der Waals surface area contributed by atoms with Crippen molar-refractivity contribution in [2.45, 2.75) is 6.42 Å². The van der Waals surface area contributed by atoms with E-state index in [0.717, 1.165) is 14.6 Å². The molecule has 1 aliphatic rings. The first-order valence-electron chi connectivity index (χ1n) is 8.79. The van der Waals surface area contributed by atoms with Crippen LogP contribution in [0.15, 0.2) is 38.5 Å². The second-order valence-electron chi connectivity index (χ2n) is 6.61. The van der Waals surface area contributed by atoms with Crippen LogP contribution < -0.4 is 26.0 Å². The minimum atomic E-state index is -0.471. The van der Waals surface area contributed by atoms with E-state index >= 15 is 0 Å². The average Bonchev–Trinajstić information content (AvgIpc) is 2.71. The van der Waals surface area contributed by atoms with Gasteiger partial charge in [0.1, 0.15) is 18.9 Å². The van der Waals surface area contributed by atoms with Gasteiger partial charge in [-0.1, -0.05) is 15.9 Å². The van der Waals surface area contributed by atoms with Crippen molar-refractivity contribution in [1.29, 1.82) is 0 Å². The van der Waals surface area contributed by atoms with Crippen molar-refractivity contribution >= 4 is 38.6 Å². The quantitative estimate of drug-likeness (QED) is 0.632. The Kier molecular flexibility index (Phi) is 4.87. The second kappa shape index (κ2) is 7.36. The molecule has 1 amide bonds. The first kappa shape index (κ1) is 19.2. The lowest BCUT2D eigenvalue weighted by molar-refractivity contribution is -0.115. The summed E-state index contributed by atoms with van der Waals surface area (Å²) in [5.41, 5.74) is 0.424. The number of benzene rings is 1. The summed E-state index contributed by atoms with van der Waals surface area (Å²) in [5.74, 6) is 0.941. The number of anilines is 1. The number of nitrogens with one attached hydrogen (secondary N) is 1. The van der Waals surface area contributed by atoms with Crippen LogP contribution in [0.1, 0.15) is 5.56 Å². The Balaban J connectivity index is 1.60. The van der Waals surface area contributed by atoms with Crippen LogP contribution in [-0.4, -0.2) is 33.2 Å². The Bertz CT molecular complexity index is 1260. The Morgan fingerprint density at radius 3 is 2.55 bits per heavy atom. The highest BCUT2D eigenvalue weighted by molar-refractivity contribution is 9.10. The number of fused-ring (bicyclic) bond motifs is 2. The van der Waals surface area contributed by atoms with Gasteiger partial charge in [-0.15, -0.1) is 0 Å². The topological polar surface area (TPSA) is 104 Å². The third-order valence-corrected chi connectivity index (χ3v) is 5.38. The molecule has 0 saturated carbocycles. The van der Waals surface area contributed by atoms with E-state index in [1.807, 2.05) is 0 Å². The zero-order valence-electron chi connectivity index (χ0n) is 15.7. The number of rotatable bonds is 3. The maximum absolute atomic E-state index is 12.5. The highest BCUT2D eigenvalue weighted by atomic mass is 79.9. The predicted molar refractivity (Wildman–Crippen MR) is 110 cm³/mol. The van der Waals surface area contributed by atoms with Crippen LogP contribution in [0.4, 0.5) is 5.69 Å². The van der Waals surface area contributed by atoms with Crippen molar-refractivity contribution in [1.82, 2.24) is 14.1 Å². The molecule has 1 aliphatic heterocycles. The number of ether oxygens (including phenoxy) is 2. The summed E-state index contributed by atoms with van der Waals surface area (Å²) in [6.07, 6.45) is 1.50. The van der Waals surface area contributed by atoms with Gasteiger partial charge in [-0.3, -0.25) is 18.7 Å². The van der Waals surface area contributed by atoms with Gasteiger partial charge >= 0.3 is 5.69 Å². The maximum atomic E-state index is 12.5. The van der Waals surface area contributed by atoms with E-state index in [0.29, 0.717) is 30.4 Å². The van der Waals surface area contributed by atoms with Crippen LogP contribution in [0.3, 0.4) is 0 Å². The number of hydrogen-bond acceptors (Lipinski definition) is 6. The van der Waals surface area contributed by atoms with Crippen molar-refractivity contribution in [3.05, 3.63) is 55.3 Å². The second-order valence-corrected chi connectivity index (χ2v) is 7.47. The van der Waals surface area contributed by atoms with Gasteiger partial charge in [-0.25, -0.2) is 9.78 Å². The van der Waals surface area contributed by atoms with Gasteiger partial charge < -0.3 is 14.8 Å². The molecule has 0 radical (unpaired) electrons. The molecule has 3 heterocycles. The Hall–Kier alpha value is -3.14. The highest BCUT2D eigenvalue weighted by Gasteiger charge is 2.17. The summed E-state index contributed by atoms with van der Waals surface area (Å²) in [5, 5.41) is 2.98. The number of carbonyl (C=O) groups is 1. The van der Waals surface area contributed by atoms with Gasteiger partial charge in [0.05, 0.1) is 23.7 Å². The molecule has 0 fully saturated rings. The molecule has 2 aromatic heterocycles. The van der Waals surface area contributed by atoms with Crippen LogP contribution in [0.2, 0.25) is 0 Å². The van der Waals surface area contributed by atoms with Gasteiger partial charge in [0.15, 0.2) is 11.5 Å². The minimum Gasteiger partial charge on any atom is -0.486 e. The molecular weight excluding hydrogens is 444 g/mol. The number of hydrogen-bond donors (Lipinski definition) is 1. The number of amides is 1. The summed E-state index contributed by atoms with van der Waals surface area (Å²) in [4.78, 5) is 41.1. The van der Waals surface area contributed by atoms with Gasteiger partial charge in [0.2, 0.25) is 5.91 Å². The zero-order chi connectivity index (χ0) is 20.7. The largest absolute Gasteiger partial charge is 0.486 e. The number of aryl methyl sites for hydroxylation is 1. The lowest BCUT2D eigenvalue weighted by Crippen LogP contribution is -2.37. The first-order valence-corrected chi connectivity index (χ1v) is 9.58. The summed E-state index contributed by atoms with van der Waals surface area (Å²) in [6.45, 7) is 0.944. The van der Waals surface area contributed by atoms with Crippen LogP contribution in [-0.2, 0) is 25.3 Å². The summed E-state index contributed by atoms with van der Waals surface area (Å²) in [6, 6.07) is 5.06. The summed E-state index contributed by atoms with van der Waals surface area (Å²) in [7, 11) is 2.93. The number of pyridine rings is 1. The average molecular weight is 461 g/mol. The van der Waals surface area contributed by atoms with E-state index in [4.69, 9.17) is 9.47 Å². The third kappa shape index (κ3) is 3.51. The van der Waals surface area contributed by atoms with Crippen molar-refractivity contribution in [3.8, 4) is 11.5 Å². The smallest absolute Gasteiger partial charge is 0.332 e. The lowest BCUT2D eigenvalue weighted by Gasteiger charge is -2.19. The fraction of sp³-hybridized carbons (Fsp3) is 0.263. The van der Waals surface area contributed by atoms with Gasteiger partial charge in [0, 0.05) is 18.6 Å². The SMILES string of the molecule is Cn1c(=O)c2cc(NC(=O)Cc3cc4c(cc3Br)OCCO4)cnc2n(C)c1=O. The van der Waals surface area contributed by atoms with E-state index in [-0.39, 0.29) is 23.4 Å². The Morgan fingerprint density at radius 2 is 1.83 bits per heavy atom. The molecule has 0 aliphatic carbocycles. The zero-order valence-corrected chi connectivity index (χ0v) is 17.3. The number of halogens is 1. The number of aromatic nitrogens is 3. The molecule has 0 bridgehead atoms. The maximum Gasteiger partial charge on any atom is 0.332 e. The standard InChI is InChI=1S/C19H17BrN4O5/c1-23-17-12(18(26)24(2)19(23)27)7-11(9-21-17)22-16(25)6-10-5-14-15(8-13(10)20)29-4-3-28-14/h5,7-9H,3-4,6H2,1-2H3,(H,22,25). The molecule has 3 aromatic rings. The highest BCUT2D eigenvalue weighted by Crippen LogP contribution is 2.35. The number of nitrogens with zero attached hydrogens (tertiary/aromatic N) is 3. The van der Waals surface area contributed by atoms with Crippen molar-refractivity contribution < 1.29 is 14.3 Å². The molecule has 1 N–H and O–H groups in total. The van der Waals surface area contributed by atoms with Gasteiger partial charge in [-0.05, 0) is 23.8 Å². The lowest BCUT2D eigenvalue weighted by atomic mass is 10.1. The molecule has 0 spiro atoms. The molecular formula is C19H17BrN4O5. The minimum absolute atomic E-state index is 0.0839. The molecule has 150 valence electrons. The van der Waals surface area contributed by atoms with E-state index in [1.54, 1.807) is 12.1 Å². The number of carbonyl (C=O) groups excluding carboxylic acids is 1. The fourth-order valence-electron chi connectivity index (χ4n) is 3.15. The molecule has 0 atom stereocenters. The molecule has 0 unspecified atom stereocenters. The van der Waals surface area contributed by atoms with Crippen LogP contribution >= 0.6 is 15.9 Å². The van der Waals surface area contributed by atoms with Crippen LogP contribution in [0.25, 0.3) is 11.0 Å². The van der Waals surface area contributed by atoms with E-state index in [9.17, 15) is 14.4 Å². The summed E-state index contributed by atoms with van der Waals surface area (Å²) >= 11 is 3.45. The monoisotopic (exact) mass is 460 g/mol. The fourth-order valence-corrected chi connectivity index (χ4v) is 3.62. The molecule has 9 nitrogen and oxygen atoms in total. The molecule has 10 heteroatoms. The first-order chi connectivity index (χ1) is 13.8.